The number of fused-ring (bicyclic) bond motifs is 2. The molecular weight excluding hydrogens is 793 g/mol. The molecule has 6 atom stereocenters. The molecule has 1 heterocycles. The Morgan fingerprint density at radius 1 is 0.984 bits per heavy atom. The summed E-state index contributed by atoms with van der Waals surface area (Å²) in [5, 5.41) is 34.3. The topological polar surface area (TPSA) is 166 Å². The van der Waals surface area contributed by atoms with Crippen molar-refractivity contribution in [3.05, 3.63) is 71.8 Å². The van der Waals surface area contributed by atoms with Gasteiger partial charge in [-0.05, 0) is 98.8 Å². The molecule has 4 aliphatic rings. The van der Waals surface area contributed by atoms with Crippen molar-refractivity contribution in [2.24, 2.45) is 28.8 Å². The summed E-state index contributed by atoms with van der Waals surface area (Å²) in [4.78, 5) is 34.5. The third-order valence-electron chi connectivity index (χ3n) is 13.2. The lowest BCUT2D eigenvalue weighted by molar-refractivity contribution is -0.258. The SMILES string of the molecule is C=CCO[C@@]12Oc3ccc(Oc4ccc(OC)c(C=O)c4)cc3[C@H]3[C@H](CCCCO)[C@@H](CCCCO)C=C(C(=NOCC)C[C@@H]1N(CCOCCO)C(=O)CCC1CCCC1)[C@H]32. The Morgan fingerprint density at radius 2 is 1.74 bits per heavy atom. The lowest BCUT2D eigenvalue weighted by Gasteiger charge is -2.60. The number of allylic oxidation sites excluding steroid dienone is 1. The number of ether oxygens (including phenoxy) is 5. The van der Waals surface area contributed by atoms with E-state index in [0.717, 1.165) is 68.1 Å². The lowest BCUT2D eigenvalue weighted by atomic mass is 9.55. The van der Waals surface area contributed by atoms with Crippen molar-refractivity contribution in [1.29, 1.82) is 0 Å². The second-order valence-corrected chi connectivity index (χ2v) is 16.9. The van der Waals surface area contributed by atoms with Crippen molar-refractivity contribution in [2.75, 3.05) is 59.9 Å². The second-order valence-electron chi connectivity index (χ2n) is 16.9. The molecule has 0 radical (unpaired) electrons. The Bertz CT molecular complexity index is 1840. The van der Waals surface area contributed by atoms with E-state index < -0.39 is 17.7 Å². The monoisotopic (exact) mass is 860 g/mol. The minimum Gasteiger partial charge on any atom is -0.496 e. The van der Waals surface area contributed by atoms with E-state index in [-0.39, 0.29) is 69.8 Å². The maximum atomic E-state index is 14.8. The van der Waals surface area contributed by atoms with Gasteiger partial charge in [0.05, 0.1) is 50.7 Å². The first-order valence-corrected chi connectivity index (χ1v) is 22.9. The molecule has 0 unspecified atom stereocenters. The van der Waals surface area contributed by atoms with Crippen LogP contribution in [0, 0.1) is 23.7 Å². The van der Waals surface area contributed by atoms with E-state index in [2.05, 4.69) is 12.7 Å². The summed E-state index contributed by atoms with van der Waals surface area (Å²) in [6.45, 7) is 7.10. The summed E-state index contributed by atoms with van der Waals surface area (Å²) < 4.78 is 32.2. The fourth-order valence-electron chi connectivity index (χ4n) is 10.4. The smallest absolute Gasteiger partial charge is 0.239 e. The van der Waals surface area contributed by atoms with Crippen LogP contribution in [0.5, 0.6) is 23.0 Å². The van der Waals surface area contributed by atoms with Gasteiger partial charge in [-0.2, -0.15) is 0 Å². The van der Waals surface area contributed by atoms with E-state index in [9.17, 15) is 24.9 Å². The number of rotatable bonds is 26. The Labute approximate surface area is 367 Å². The predicted molar refractivity (Wildman–Crippen MR) is 236 cm³/mol. The third-order valence-corrected chi connectivity index (χ3v) is 13.2. The van der Waals surface area contributed by atoms with Crippen LogP contribution in [0.3, 0.4) is 0 Å². The highest BCUT2D eigenvalue weighted by molar-refractivity contribution is 6.03. The summed E-state index contributed by atoms with van der Waals surface area (Å²) in [6, 6.07) is 10.2. The molecule has 0 bridgehead atoms. The predicted octanol–water partition coefficient (Wildman–Crippen LogP) is 7.76. The normalized spacial score (nSPS) is 24.7. The van der Waals surface area contributed by atoms with Crippen molar-refractivity contribution in [2.45, 2.75) is 108 Å². The van der Waals surface area contributed by atoms with Crippen LogP contribution in [-0.4, -0.2) is 110 Å². The highest BCUT2D eigenvalue weighted by Gasteiger charge is 2.65. The van der Waals surface area contributed by atoms with Crippen molar-refractivity contribution in [3.63, 3.8) is 0 Å². The van der Waals surface area contributed by atoms with E-state index >= 15 is 0 Å². The van der Waals surface area contributed by atoms with Gasteiger partial charge in [0, 0.05) is 44.1 Å². The van der Waals surface area contributed by atoms with Gasteiger partial charge in [0.25, 0.3) is 0 Å². The highest BCUT2D eigenvalue weighted by Crippen LogP contribution is 2.62. The van der Waals surface area contributed by atoms with E-state index in [0.29, 0.717) is 66.8 Å². The number of benzene rings is 2. The number of oxime groups is 1. The standard InChI is InChI=1S/C49H68N2O11/c1-4-26-59-49-45(51(22-27-58-28-25-54)46(56)21-16-34-12-6-7-13-34)32-42(50-60-5-2)40-30-35(14-8-10-23-52)39(15-9-11-24-53)47(48(40)49)41-31-38(18-20-44(41)62-49)61-37-17-19-43(57-3)36(29-37)33-55/h4,17-20,29-31,33-35,39,45,47-48,52-54H,1,5-16,21-28,32H2,2-3H3/t35-,39+,45-,47+,48+,49+/m0/s1. The third kappa shape index (κ3) is 10.9. The summed E-state index contributed by atoms with van der Waals surface area (Å²) in [6.07, 6.45) is 15.4. The average molecular weight is 861 g/mol. The van der Waals surface area contributed by atoms with Crippen LogP contribution in [-0.2, 0) is 19.1 Å². The lowest BCUT2D eigenvalue weighted by Crippen LogP contribution is -2.70. The van der Waals surface area contributed by atoms with Crippen LogP contribution < -0.4 is 14.2 Å². The van der Waals surface area contributed by atoms with Crippen LogP contribution in [0.15, 0.2) is 65.9 Å². The number of amides is 1. The van der Waals surface area contributed by atoms with E-state index in [1.54, 1.807) is 24.3 Å². The number of carbonyl (C=O) groups excluding carboxylic acids is 2. The van der Waals surface area contributed by atoms with E-state index in [1.165, 1.54) is 20.0 Å². The molecule has 3 aliphatic carbocycles. The van der Waals surface area contributed by atoms with Crippen LogP contribution in [0.2, 0.25) is 0 Å². The van der Waals surface area contributed by atoms with Gasteiger partial charge in [0.2, 0.25) is 11.7 Å². The molecule has 1 aliphatic heterocycles. The van der Waals surface area contributed by atoms with Crippen LogP contribution in [0.1, 0.15) is 112 Å². The van der Waals surface area contributed by atoms with Gasteiger partial charge in [-0.25, -0.2) is 0 Å². The van der Waals surface area contributed by atoms with Gasteiger partial charge >= 0.3 is 0 Å². The van der Waals surface area contributed by atoms with Crippen molar-refractivity contribution in [3.8, 4) is 23.0 Å². The number of hydrogen-bond donors (Lipinski definition) is 3. The first-order chi connectivity index (χ1) is 30.4. The molecule has 1 amide bonds. The Kier molecular flexibility index (Phi) is 17.8. The molecule has 2 aromatic rings. The summed E-state index contributed by atoms with van der Waals surface area (Å²) >= 11 is 0. The Morgan fingerprint density at radius 3 is 2.45 bits per heavy atom. The summed E-state index contributed by atoms with van der Waals surface area (Å²) in [7, 11) is 1.52. The van der Waals surface area contributed by atoms with E-state index in [4.69, 9.17) is 33.7 Å². The molecule has 0 saturated heterocycles. The van der Waals surface area contributed by atoms with Gasteiger partial charge in [-0.15, -0.1) is 6.58 Å². The van der Waals surface area contributed by atoms with Crippen molar-refractivity contribution in [1.82, 2.24) is 4.90 Å². The maximum Gasteiger partial charge on any atom is 0.239 e. The minimum absolute atomic E-state index is 0.0136. The number of methoxy groups -OCH3 is 1. The summed E-state index contributed by atoms with van der Waals surface area (Å²) in [5.41, 5.74) is 2.97. The first-order valence-electron chi connectivity index (χ1n) is 22.9. The van der Waals surface area contributed by atoms with Crippen LogP contribution >= 0.6 is 0 Å². The molecule has 3 N–H and O–H groups in total. The quantitative estimate of drug-likeness (QED) is 0.0366. The Hall–Kier alpha value is -4.27. The van der Waals surface area contributed by atoms with Gasteiger partial charge in [0.1, 0.15) is 35.6 Å². The zero-order valence-electron chi connectivity index (χ0n) is 36.7. The number of aliphatic hydroxyl groups excluding tert-OH is 3. The number of nitrogens with zero attached hydrogens (tertiary/aromatic N) is 2. The van der Waals surface area contributed by atoms with Crippen LogP contribution in [0.25, 0.3) is 0 Å². The molecule has 0 spiro atoms. The molecule has 340 valence electrons. The average Bonchev–Trinajstić information content (AvgIpc) is 3.82. The Balaban J connectivity index is 1.54. The first kappa shape index (κ1) is 47.2. The number of aliphatic hydroxyl groups is 3. The minimum atomic E-state index is -1.40. The highest BCUT2D eigenvalue weighted by atomic mass is 16.7. The molecular formula is C49H68N2O11. The molecule has 62 heavy (non-hydrogen) atoms. The van der Waals surface area contributed by atoms with Crippen molar-refractivity contribution < 1.29 is 53.4 Å². The zero-order valence-corrected chi connectivity index (χ0v) is 36.7. The molecule has 0 aromatic heterocycles. The van der Waals surface area contributed by atoms with Gasteiger partial charge in [0.15, 0.2) is 6.29 Å². The molecule has 13 nitrogen and oxygen atoms in total. The molecule has 2 fully saturated rings. The molecule has 2 saturated carbocycles. The number of aldehydes is 1. The molecule has 13 heteroatoms. The number of carbonyl (C=O) groups is 2. The fourth-order valence-corrected chi connectivity index (χ4v) is 10.4. The number of hydrogen-bond acceptors (Lipinski definition) is 12. The van der Waals surface area contributed by atoms with Gasteiger partial charge < -0.3 is 48.7 Å². The number of unbranched alkanes of at least 4 members (excludes halogenated alkanes) is 2. The van der Waals surface area contributed by atoms with Gasteiger partial charge in [-0.1, -0.05) is 55.8 Å². The van der Waals surface area contributed by atoms with Crippen molar-refractivity contribution >= 4 is 17.9 Å². The largest absolute Gasteiger partial charge is 0.496 e. The maximum absolute atomic E-state index is 14.8. The zero-order chi connectivity index (χ0) is 43.9. The summed E-state index contributed by atoms with van der Waals surface area (Å²) in [5.74, 6) is 0.580. The fraction of sp³-hybridized carbons (Fsp3) is 0.612. The second kappa shape index (κ2) is 23.4. The molecule has 6 rings (SSSR count). The van der Waals surface area contributed by atoms with Gasteiger partial charge in [-0.3, -0.25) is 9.59 Å². The molecule has 2 aromatic carbocycles. The van der Waals surface area contributed by atoms with Crippen LogP contribution in [0.4, 0.5) is 0 Å². The van der Waals surface area contributed by atoms with E-state index in [1.807, 2.05) is 30.0 Å².